The largest absolute Gasteiger partial charge is 0.398 e. The van der Waals surface area contributed by atoms with Crippen molar-refractivity contribution in [2.75, 3.05) is 12.3 Å². The average molecular weight is 486 g/mol. The lowest BCUT2D eigenvalue weighted by atomic mass is 10.1. The maximum absolute atomic E-state index is 12.6. The van der Waals surface area contributed by atoms with E-state index in [2.05, 4.69) is 10.3 Å². The first-order chi connectivity index (χ1) is 16.9. The van der Waals surface area contributed by atoms with Crippen LogP contribution >= 0.6 is 11.6 Å². The number of halogens is 1. The molecule has 7 nitrogen and oxygen atoms in total. The third-order valence-corrected chi connectivity index (χ3v) is 5.70. The number of nitrogen functional groups attached to an aromatic ring is 1. The number of benzene rings is 2. The van der Waals surface area contributed by atoms with Gasteiger partial charge in [-0.3, -0.25) is 9.59 Å². The van der Waals surface area contributed by atoms with Gasteiger partial charge in [0.05, 0.1) is 18.8 Å². The van der Waals surface area contributed by atoms with Crippen LogP contribution in [0, 0.1) is 5.41 Å². The summed E-state index contributed by atoms with van der Waals surface area (Å²) >= 11 is 5.99. The van der Waals surface area contributed by atoms with Crippen LogP contribution in [-0.4, -0.2) is 27.7 Å². The lowest BCUT2D eigenvalue weighted by molar-refractivity contribution is 0.0954. The van der Waals surface area contributed by atoms with E-state index < -0.39 is 0 Å². The molecular weight excluding hydrogens is 462 g/mol. The Labute approximate surface area is 207 Å². The van der Waals surface area contributed by atoms with E-state index in [1.165, 1.54) is 0 Å². The summed E-state index contributed by atoms with van der Waals surface area (Å²) in [6, 6.07) is 23.2. The number of amides is 1. The SMILES string of the molecule is N=C(CNC(=O)c1cccc(Cc2ccc(Cn3ccccc3=O)cc2)n1)c1cc(Cl)ccc1N. The number of nitrogens with two attached hydrogens (primary N) is 1. The van der Waals surface area contributed by atoms with Crippen LogP contribution < -0.4 is 16.6 Å². The van der Waals surface area contributed by atoms with Crippen molar-refractivity contribution < 1.29 is 4.79 Å². The molecular formula is C27H24ClN5O2. The Bertz CT molecular complexity index is 1430. The van der Waals surface area contributed by atoms with Crippen molar-refractivity contribution in [3.8, 4) is 0 Å². The van der Waals surface area contributed by atoms with E-state index in [0.717, 1.165) is 16.8 Å². The van der Waals surface area contributed by atoms with E-state index in [9.17, 15) is 9.59 Å². The first kappa shape index (κ1) is 23.9. The highest BCUT2D eigenvalue weighted by molar-refractivity contribution is 6.31. The van der Waals surface area contributed by atoms with Crippen molar-refractivity contribution in [3.05, 3.63) is 129 Å². The summed E-state index contributed by atoms with van der Waals surface area (Å²) in [4.78, 5) is 29.0. The van der Waals surface area contributed by atoms with E-state index in [-0.39, 0.29) is 29.4 Å². The third-order valence-electron chi connectivity index (χ3n) is 5.47. The van der Waals surface area contributed by atoms with E-state index in [1.54, 1.807) is 53.2 Å². The van der Waals surface area contributed by atoms with Crippen molar-refractivity contribution >= 4 is 28.9 Å². The number of nitrogens with one attached hydrogen (secondary N) is 2. The van der Waals surface area contributed by atoms with Crippen molar-refractivity contribution in [1.82, 2.24) is 14.9 Å². The van der Waals surface area contributed by atoms with Crippen LogP contribution in [-0.2, 0) is 13.0 Å². The number of hydrogen-bond acceptors (Lipinski definition) is 5. The maximum atomic E-state index is 12.6. The number of carbonyl (C=O) groups is 1. The molecule has 0 saturated carbocycles. The summed E-state index contributed by atoms with van der Waals surface area (Å²) < 4.78 is 1.65. The summed E-state index contributed by atoms with van der Waals surface area (Å²) in [6.07, 6.45) is 2.32. The van der Waals surface area contributed by atoms with Crippen LogP contribution in [0.5, 0.6) is 0 Å². The number of rotatable bonds is 8. The molecule has 0 aliphatic rings. The molecule has 8 heteroatoms. The van der Waals surface area contributed by atoms with Crippen LogP contribution in [0.25, 0.3) is 0 Å². The summed E-state index contributed by atoms with van der Waals surface area (Å²) in [5.41, 5.74) is 10.0. The molecule has 4 rings (SSSR count). The Morgan fingerprint density at radius 2 is 1.77 bits per heavy atom. The number of carbonyl (C=O) groups excluding carboxylic acids is 1. The van der Waals surface area contributed by atoms with Crippen molar-refractivity contribution in [2.45, 2.75) is 13.0 Å². The highest BCUT2D eigenvalue weighted by Crippen LogP contribution is 2.18. The molecule has 35 heavy (non-hydrogen) atoms. The van der Waals surface area contributed by atoms with Crippen molar-refractivity contribution in [1.29, 1.82) is 5.41 Å². The van der Waals surface area contributed by atoms with Crippen molar-refractivity contribution in [2.24, 2.45) is 0 Å². The second-order valence-electron chi connectivity index (χ2n) is 8.07. The van der Waals surface area contributed by atoms with Crippen LogP contribution in [0.1, 0.15) is 32.9 Å². The average Bonchev–Trinajstić information content (AvgIpc) is 2.86. The Hall–Kier alpha value is -4.23. The molecule has 0 spiro atoms. The molecule has 0 aliphatic carbocycles. The lowest BCUT2D eigenvalue weighted by Gasteiger charge is -2.10. The molecule has 0 saturated heterocycles. The minimum Gasteiger partial charge on any atom is -0.398 e. The van der Waals surface area contributed by atoms with Gasteiger partial charge < -0.3 is 21.0 Å². The monoisotopic (exact) mass is 485 g/mol. The molecule has 4 N–H and O–H groups in total. The second kappa shape index (κ2) is 10.8. The highest BCUT2D eigenvalue weighted by atomic mass is 35.5. The fourth-order valence-corrected chi connectivity index (χ4v) is 3.78. The molecule has 0 fully saturated rings. The van der Waals surface area contributed by atoms with Gasteiger partial charge in [0.1, 0.15) is 5.69 Å². The molecule has 176 valence electrons. The molecule has 2 aromatic carbocycles. The molecule has 2 heterocycles. The first-order valence-corrected chi connectivity index (χ1v) is 11.4. The second-order valence-corrected chi connectivity index (χ2v) is 8.50. The van der Waals surface area contributed by atoms with Crippen LogP contribution in [0.2, 0.25) is 5.02 Å². The first-order valence-electron chi connectivity index (χ1n) is 11.0. The lowest BCUT2D eigenvalue weighted by Crippen LogP contribution is -2.30. The molecule has 0 radical (unpaired) electrons. The number of anilines is 1. The van der Waals surface area contributed by atoms with E-state index in [4.69, 9.17) is 22.7 Å². The van der Waals surface area contributed by atoms with Gasteiger partial charge in [0.2, 0.25) is 0 Å². The maximum Gasteiger partial charge on any atom is 0.270 e. The van der Waals surface area contributed by atoms with E-state index in [0.29, 0.717) is 29.2 Å². The Morgan fingerprint density at radius 3 is 2.54 bits per heavy atom. The normalized spacial score (nSPS) is 10.7. The highest BCUT2D eigenvalue weighted by Gasteiger charge is 2.12. The molecule has 2 aromatic heterocycles. The molecule has 0 atom stereocenters. The van der Waals surface area contributed by atoms with Gasteiger partial charge in [-0.25, -0.2) is 4.98 Å². The van der Waals surface area contributed by atoms with Crippen LogP contribution in [0.15, 0.2) is 89.9 Å². The van der Waals surface area contributed by atoms with Gasteiger partial charge in [-0.2, -0.15) is 0 Å². The zero-order chi connectivity index (χ0) is 24.8. The fraction of sp³-hybridized carbons (Fsp3) is 0.111. The summed E-state index contributed by atoms with van der Waals surface area (Å²) in [5, 5.41) is 11.4. The van der Waals surface area contributed by atoms with Crippen LogP contribution in [0.3, 0.4) is 0 Å². The van der Waals surface area contributed by atoms with Gasteiger partial charge in [-0.05, 0) is 47.5 Å². The predicted octanol–water partition coefficient (Wildman–Crippen LogP) is 3.92. The topological polar surface area (TPSA) is 114 Å². The molecule has 1 amide bonds. The third kappa shape index (κ3) is 6.22. The molecule has 0 bridgehead atoms. The summed E-state index contributed by atoms with van der Waals surface area (Å²) in [6.45, 7) is 0.505. The predicted molar refractivity (Wildman–Crippen MR) is 138 cm³/mol. The summed E-state index contributed by atoms with van der Waals surface area (Å²) in [5.74, 6) is -0.374. The van der Waals surface area contributed by atoms with Gasteiger partial charge in [0.15, 0.2) is 0 Å². The minimum absolute atomic E-state index is 0.00124. The van der Waals surface area contributed by atoms with Gasteiger partial charge in [-0.15, -0.1) is 0 Å². The minimum atomic E-state index is -0.374. The van der Waals surface area contributed by atoms with Gasteiger partial charge in [0, 0.05) is 40.7 Å². The Balaban J connectivity index is 1.37. The standard InChI is InChI=1S/C27H24ClN5O2/c28-20-11-12-23(29)22(15-20)24(30)16-31-27(35)25-5-3-4-21(32-25)14-18-7-9-19(10-8-18)17-33-13-2-1-6-26(33)34/h1-13,15,30H,14,16-17,29H2,(H,31,35). The van der Waals surface area contributed by atoms with Crippen molar-refractivity contribution in [3.63, 3.8) is 0 Å². The molecule has 0 aliphatic heterocycles. The number of pyridine rings is 2. The zero-order valence-electron chi connectivity index (χ0n) is 18.9. The van der Waals surface area contributed by atoms with Crippen LogP contribution in [0.4, 0.5) is 5.69 Å². The quantitative estimate of drug-likeness (QED) is 0.259. The number of hydrogen-bond donors (Lipinski definition) is 3. The van der Waals surface area contributed by atoms with E-state index in [1.807, 2.05) is 36.4 Å². The molecule has 4 aromatic rings. The fourth-order valence-electron chi connectivity index (χ4n) is 3.61. The zero-order valence-corrected chi connectivity index (χ0v) is 19.6. The smallest absolute Gasteiger partial charge is 0.270 e. The number of aromatic nitrogens is 2. The Kier molecular flexibility index (Phi) is 7.38. The number of nitrogens with zero attached hydrogens (tertiary/aromatic N) is 2. The summed E-state index contributed by atoms with van der Waals surface area (Å²) in [7, 11) is 0. The molecule has 0 unspecified atom stereocenters. The van der Waals surface area contributed by atoms with Gasteiger partial charge in [-0.1, -0.05) is 48.0 Å². The van der Waals surface area contributed by atoms with Gasteiger partial charge in [0.25, 0.3) is 11.5 Å². The Morgan fingerprint density at radius 1 is 1.00 bits per heavy atom. The van der Waals surface area contributed by atoms with Gasteiger partial charge >= 0.3 is 0 Å². The van der Waals surface area contributed by atoms with E-state index >= 15 is 0 Å².